The van der Waals surface area contributed by atoms with Gasteiger partial charge in [-0.25, -0.2) is 0 Å². The van der Waals surface area contributed by atoms with Crippen LogP contribution in [0.3, 0.4) is 0 Å². The third-order valence-electron chi connectivity index (χ3n) is 2.80. The zero-order valence-corrected chi connectivity index (χ0v) is 13.5. The number of thioether (sulfide) groups is 2. The van der Waals surface area contributed by atoms with E-state index in [0.29, 0.717) is 20.7 Å². The second kappa shape index (κ2) is 6.13. The van der Waals surface area contributed by atoms with Gasteiger partial charge in [0.15, 0.2) is 5.09 Å². The summed E-state index contributed by atoms with van der Waals surface area (Å²) in [6, 6.07) is 7.50. The van der Waals surface area contributed by atoms with Crippen molar-refractivity contribution in [3.8, 4) is 0 Å². The van der Waals surface area contributed by atoms with Gasteiger partial charge < -0.3 is 8.83 Å². The van der Waals surface area contributed by atoms with E-state index in [1.54, 1.807) is 31.1 Å². The predicted molar refractivity (Wildman–Crippen MR) is 87.9 cm³/mol. The maximum Gasteiger partial charge on any atom is 0.266 e. The molecule has 3 rings (SSSR count). The lowest BCUT2D eigenvalue weighted by atomic mass is 10.4. The number of hydrogen-bond acceptors (Lipinski definition) is 6. The molecule has 1 saturated heterocycles. The van der Waals surface area contributed by atoms with Crippen LogP contribution in [0.5, 0.6) is 0 Å². The zero-order chi connectivity index (χ0) is 14.8. The van der Waals surface area contributed by atoms with Gasteiger partial charge in [-0.15, -0.1) is 0 Å². The lowest BCUT2D eigenvalue weighted by Crippen LogP contribution is -2.22. The largest absolute Gasteiger partial charge is 0.468 e. The van der Waals surface area contributed by atoms with Crippen LogP contribution in [0.4, 0.5) is 0 Å². The van der Waals surface area contributed by atoms with Crippen LogP contribution >= 0.6 is 35.7 Å². The number of carbonyl (C=O) groups excluding carboxylic acids is 1. The fraction of sp³-hybridized carbons (Fsp3) is 0.143. The van der Waals surface area contributed by atoms with E-state index in [-0.39, 0.29) is 5.91 Å². The number of likely N-dealkylation sites (N-methyl/N-ethyl adjacent to an activating group) is 1. The summed E-state index contributed by atoms with van der Waals surface area (Å²) in [5.41, 5.74) is 0. The summed E-state index contributed by atoms with van der Waals surface area (Å²) in [5.74, 6) is 2.15. The van der Waals surface area contributed by atoms with Crippen LogP contribution in [0.15, 0.2) is 49.4 Å². The first-order valence-corrected chi connectivity index (χ1v) is 8.31. The fourth-order valence-electron chi connectivity index (χ4n) is 1.70. The van der Waals surface area contributed by atoms with E-state index < -0.39 is 0 Å². The van der Waals surface area contributed by atoms with Gasteiger partial charge in [-0.3, -0.25) is 9.69 Å². The van der Waals surface area contributed by atoms with Gasteiger partial charge in [0, 0.05) is 13.1 Å². The van der Waals surface area contributed by atoms with E-state index in [9.17, 15) is 4.79 Å². The normalized spacial score (nSPS) is 17.2. The van der Waals surface area contributed by atoms with Crippen molar-refractivity contribution < 1.29 is 13.6 Å². The van der Waals surface area contributed by atoms with Gasteiger partial charge in [-0.1, -0.05) is 35.7 Å². The highest BCUT2D eigenvalue weighted by molar-refractivity contribution is 8.26. The van der Waals surface area contributed by atoms with Crippen molar-refractivity contribution in [1.82, 2.24) is 4.90 Å². The van der Waals surface area contributed by atoms with Gasteiger partial charge in [0.1, 0.15) is 15.8 Å². The van der Waals surface area contributed by atoms with Crippen molar-refractivity contribution in [2.24, 2.45) is 0 Å². The lowest BCUT2D eigenvalue weighted by molar-refractivity contribution is -0.121. The summed E-state index contributed by atoms with van der Waals surface area (Å²) < 4.78 is 11.5. The molecular formula is C14H11NO3S3. The average Bonchev–Trinajstić information content (AvgIpc) is 3.17. The Bertz CT molecular complexity index is 703. The molecule has 1 aliphatic rings. The monoisotopic (exact) mass is 337 g/mol. The molecular weight excluding hydrogens is 326 g/mol. The Hall–Kier alpha value is -1.44. The first-order chi connectivity index (χ1) is 10.1. The molecule has 0 atom stereocenters. The Balaban J connectivity index is 1.68. The first kappa shape index (κ1) is 14.5. The molecule has 1 amide bonds. The fourth-order valence-corrected chi connectivity index (χ4v) is 3.63. The molecule has 0 aliphatic carbocycles. The summed E-state index contributed by atoms with van der Waals surface area (Å²) in [6.07, 6.45) is 3.37. The minimum Gasteiger partial charge on any atom is -0.468 e. The van der Waals surface area contributed by atoms with Gasteiger partial charge in [-0.2, -0.15) is 0 Å². The van der Waals surface area contributed by atoms with Crippen LogP contribution in [0.25, 0.3) is 6.08 Å². The molecule has 4 nitrogen and oxygen atoms in total. The van der Waals surface area contributed by atoms with Crippen LogP contribution < -0.4 is 0 Å². The molecule has 108 valence electrons. The quantitative estimate of drug-likeness (QED) is 0.477. The third-order valence-corrected chi connectivity index (χ3v) is 5.22. The average molecular weight is 337 g/mol. The number of thiocarbonyl (C=S) groups is 1. The number of hydrogen-bond donors (Lipinski definition) is 0. The van der Waals surface area contributed by atoms with E-state index >= 15 is 0 Å². The highest BCUT2D eigenvalue weighted by Gasteiger charge is 2.28. The van der Waals surface area contributed by atoms with Crippen molar-refractivity contribution in [2.75, 3.05) is 7.05 Å². The standard InChI is InChI=1S/C14H11NO3S3/c1-15-13(16)11(21-14(15)19)7-9-4-5-12(18-9)20-8-10-3-2-6-17-10/h2-7H,8H2,1H3. The van der Waals surface area contributed by atoms with E-state index in [0.717, 1.165) is 10.9 Å². The van der Waals surface area contributed by atoms with Crippen molar-refractivity contribution in [2.45, 2.75) is 10.8 Å². The minimum atomic E-state index is -0.0915. The SMILES string of the molecule is CN1C(=O)C(=Cc2ccc(SCc3ccco3)o2)SC1=S. The molecule has 3 heterocycles. The molecule has 0 radical (unpaired) electrons. The summed E-state index contributed by atoms with van der Waals surface area (Å²) in [5, 5.41) is 0.782. The maximum absolute atomic E-state index is 11.9. The number of amides is 1. The Labute approximate surface area is 135 Å². The molecule has 7 heteroatoms. The summed E-state index contributed by atoms with van der Waals surface area (Å²) in [4.78, 5) is 13.9. The molecule has 0 N–H and O–H groups in total. The Kier molecular flexibility index (Phi) is 4.23. The molecule has 1 fully saturated rings. The van der Waals surface area contributed by atoms with Gasteiger partial charge in [-0.05, 0) is 24.3 Å². The van der Waals surface area contributed by atoms with Crippen LogP contribution in [0, 0.1) is 0 Å². The zero-order valence-electron chi connectivity index (χ0n) is 11.1. The molecule has 0 aromatic carbocycles. The van der Waals surface area contributed by atoms with E-state index in [1.807, 2.05) is 24.3 Å². The van der Waals surface area contributed by atoms with Crippen molar-refractivity contribution >= 4 is 52.0 Å². The Morgan fingerprint density at radius 2 is 2.29 bits per heavy atom. The lowest BCUT2D eigenvalue weighted by Gasteiger charge is -2.03. The Morgan fingerprint density at radius 3 is 2.95 bits per heavy atom. The van der Waals surface area contributed by atoms with E-state index in [1.165, 1.54) is 16.7 Å². The molecule has 0 unspecified atom stereocenters. The number of rotatable bonds is 4. The molecule has 21 heavy (non-hydrogen) atoms. The van der Waals surface area contributed by atoms with Crippen LogP contribution in [-0.2, 0) is 10.5 Å². The molecule has 2 aromatic heterocycles. The van der Waals surface area contributed by atoms with Crippen molar-refractivity contribution in [3.63, 3.8) is 0 Å². The molecule has 0 spiro atoms. The maximum atomic E-state index is 11.9. The summed E-state index contributed by atoms with van der Waals surface area (Å²) >= 11 is 7.91. The number of nitrogens with zero attached hydrogens (tertiary/aromatic N) is 1. The van der Waals surface area contributed by atoms with Gasteiger partial charge in [0.05, 0.1) is 16.9 Å². The smallest absolute Gasteiger partial charge is 0.266 e. The van der Waals surface area contributed by atoms with Gasteiger partial charge in [0.2, 0.25) is 0 Å². The topological polar surface area (TPSA) is 46.6 Å². The predicted octanol–water partition coefficient (Wildman–Crippen LogP) is 4.00. The van der Waals surface area contributed by atoms with Crippen LogP contribution in [0.2, 0.25) is 0 Å². The molecule has 2 aromatic rings. The molecule has 0 bridgehead atoms. The van der Waals surface area contributed by atoms with Crippen molar-refractivity contribution in [3.05, 3.63) is 47.0 Å². The number of carbonyl (C=O) groups is 1. The molecule has 0 saturated carbocycles. The van der Waals surface area contributed by atoms with Crippen molar-refractivity contribution in [1.29, 1.82) is 0 Å². The van der Waals surface area contributed by atoms with Gasteiger partial charge in [0.25, 0.3) is 5.91 Å². The summed E-state index contributed by atoms with van der Waals surface area (Å²) in [6.45, 7) is 0. The third kappa shape index (κ3) is 3.25. The van der Waals surface area contributed by atoms with E-state index in [4.69, 9.17) is 21.1 Å². The van der Waals surface area contributed by atoms with Crippen LogP contribution in [-0.4, -0.2) is 22.2 Å². The Morgan fingerprint density at radius 1 is 1.43 bits per heavy atom. The highest BCUT2D eigenvalue weighted by atomic mass is 32.2. The summed E-state index contributed by atoms with van der Waals surface area (Å²) in [7, 11) is 1.67. The first-order valence-electron chi connectivity index (χ1n) is 6.10. The number of furan rings is 2. The van der Waals surface area contributed by atoms with Gasteiger partial charge >= 0.3 is 0 Å². The van der Waals surface area contributed by atoms with Crippen LogP contribution in [0.1, 0.15) is 11.5 Å². The highest BCUT2D eigenvalue weighted by Crippen LogP contribution is 2.32. The van der Waals surface area contributed by atoms with E-state index in [2.05, 4.69) is 0 Å². The second-order valence-corrected chi connectivity index (χ2v) is 6.92. The minimum absolute atomic E-state index is 0.0915. The second-order valence-electron chi connectivity index (χ2n) is 4.27. The molecule has 1 aliphatic heterocycles.